The Morgan fingerprint density at radius 1 is 1.29 bits per heavy atom. The first-order valence-electron chi connectivity index (χ1n) is 6.28. The van der Waals surface area contributed by atoms with Crippen molar-refractivity contribution in [1.29, 1.82) is 0 Å². The van der Waals surface area contributed by atoms with Gasteiger partial charge in [0, 0.05) is 13.6 Å². The maximum Gasteiger partial charge on any atom is 0.339 e. The molecule has 1 aromatic carbocycles. The number of amides is 1. The minimum Gasteiger partial charge on any atom is -0.483 e. The lowest BCUT2D eigenvalue weighted by molar-refractivity contribution is -0.132. The molecule has 0 radical (unpaired) electrons. The molecule has 6 heteroatoms. The van der Waals surface area contributed by atoms with Crippen LogP contribution in [0.3, 0.4) is 0 Å². The highest BCUT2D eigenvalue weighted by atomic mass is 32.1. The number of carbonyl (C=O) groups excluding carboxylic acids is 1. The molecule has 5 nitrogen and oxygen atoms in total. The maximum atomic E-state index is 12.0. The molecule has 0 unspecified atom stereocenters. The van der Waals surface area contributed by atoms with Crippen molar-refractivity contribution in [1.82, 2.24) is 4.90 Å². The molecule has 0 saturated carbocycles. The van der Waals surface area contributed by atoms with Gasteiger partial charge in [-0.25, -0.2) is 4.79 Å². The van der Waals surface area contributed by atoms with Crippen molar-refractivity contribution in [2.24, 2.45) is 0 Å². The standard InChI is InChI=1S/C15H15NO4S/c1-16(8-11-6-7-21-10-11)14(17)9-20-13-5-3-2-4-12(13)15(18)19/h2-7,10H,8-9H2,1H3,(H,18,19). The molecule has 0 spiro atoms. The Morgan fingerprint density at radius 3 is 2.71 bits per heavy atom. The van der Waals surface area contributed by atoms with E-state index in [1.165, 1.54) is 12.1 Å². The van der Waals surface area contributed by atoms with E-state index in [0.29, 0.717) is 6.54 Å². The van der Waals surface area contributed by atoms with Gasteiger partial charge in [0.25, 0.3) is 5.91 Å². The fraction of sp³-hybridized carbons (Fsp3) is 0.200. The number of para-hydroxylation sites is 1. The number of benzene rings is 1. The molecule has 0 saturated heterocycles. The van der Waals surface area contributed by atoms with Crippen molar-refractivity contribution in [2.45, 2.75) is 6.54 Å². The number of hydrogen-bond acceptors (Lipinski definition) is 4. The van der Waals surface area contributed by atoms with E-state index in [4.69, 9.17) is 9.84 Å². The number of likely N-dealkylation sites (N-methyl/N-ethyl adjacent to an activating group) is 1. The van der Waals surface area contributed by atoms with Gasteiger partial charge >= 0.3 is 5.97 Å². The van der Waals surface area contributed by atoms with E-state index in [0.717, 1.165) is 5.56 Å². The van der Waals surface area contributed by atoms with Crippen molar-refractivity contribution in [3.8, 4) is 5.75 Å². The van der Waals surface area contributed by atoms with Gasteiger partial charge in [-0.15, -0.1) is 0 Å². The van der Waals surface area contributed by atoms with Crippen LogP contribution in [0, 0.1) is 0 Å². The number of carbonyl (C=O) groups is 2. The summed E-state index contributed by atoms with van der Waals surface area (Å²) in [7, 11) is 1.69. The van der Waals surface area contributed by atoms with Crippen LogP contribution in [0.15, 0.2) is 41.1 Å². The molecule has 0 aliphatic carbocycles. The number of nitrogens with zero attached hydrogens (tertiary/aromatic N) is 1. The van der Waals surface area contributed by atoms with Crippen LogP contribution in [0.4, 0.5) is 0 Å². The fourth-order valence-corrected chi connectivity index (χ4v) is 2.42. The zero-order valence-electron chi connectivity index (χ0n) is 11.5. The molecule has 0 aliphatic heterocycles. The normalized spacial score (nSPS) is 10.1. The van der Waals surface area contributed by atoms with E-state index in [-0.39, 0.29) is 23.8 Å². The second-order valence-corrected chi connectivity index (χ2v) is 5.25. The van der Waals surface area contributed by atoms with E-state index in [1.54, 1.807) is 35.4 Å². The number of aromatic carboxylic acids is 1. The smallest absolute Gasteiger partial charge is 0.339 e. The lowest BCUT2D eigenvalue weighted by Gasteiger charge is -2.17. The fourth-order valence-electron chi connectivity index (χ4n) is 1.76. The Bertz CT molecular complexity index is 624. The number of carboxylic acids is 1. The van der Waals surface area contributed by atoms with E-state index in [9.17, 15) is 9.59 Å². The van der Waals surface area contributed by atoms with E-state index < -0.39 is 5.97 Å². The minimum atomic E-state index is -1.08. The predicted molar refractivity (Wildman–Crippen MR) is 79.7 cm³/mol. The number of ether oxygens (including phenoxy) is 1. The van der Waals surface area contributed by atoms with Gasteiger partial charge in [-0.05, 0) is 34.5 Å². The van der Waals surface area contributed by atoms with E-state index in [1.807, 2.05) is 16.8 Å². The molecule has 1 N–H and O–H groups in total. The molecule has 0 fully saturated rings. The summed E-state index contributed by atoms with van der Waals surface area (Å²) in [5.41, 5.74) is 1.10. The van der Waals surface area contributed by atoms with Crippen LogP contribution in [0.25, 0.3) is 0 Å². The van der Waals surface area contributed by atoms with Gasteiger partial charge in [0.1, 0.15) is 11.3 Å². The molecule has 0 aliphatic rings. The molecule has 110 valence electrons. The van der Waals surface area contributed by atoms with Gasteiger partial charge in [-0.2, -0.15) is 11.3 Å². The second-order valence-electron chi connectivity index (χ2n) is 4.47. The summed E-state index contributed by atoms with van der Waals surface area (Å²) >= 11 is 1.57. The summed E-state index contributed by atoms with van der Waals surface area (Å²) in [6.07, 6.45) is 0. The van der Waals surface area contributed by atoms with Crippen molar-refractivity contribution in [3.63, 3.8) is 0 Å². The van der Waals surface area contributed by atoms with Crippen LogP contribution in [0.5, 0.6) is 5.75 Å². The van der Waals surface area contributed by atoms with Gasteiger partial charge in [0.15, 0.2) is 6.61 Å². The number of hydrogen-bond donors (Lipinski definition) is 1. The molecule has 0 atom stereocenters. The molecule has 1 heterocycles. The Labute approximate surface area is 126 Å². The Morgan fingerprint density at radius 2 is 2.05 bits per heavy atom. The van der Waals surface area contributed by atoms with Crippen LogP contribution in [-0.2, 0) is 11.3 Å². The quantitative estimate of drug-likeness (QED) is 0.890. The lowest BCUT2D eigenvalue weighted by atomic mass is 10.2. The van der Waals surface area contributed by atoms with Gasteiger partial charge in [-0.1, -0.05) is 12.1 Å². The van der Waals surface area contributed by atoms with Crippen molar-refractivity contribution in [3.05, 3.63) is 52.2 Å². The average Bonchev–Trinajstić information content (AvgIpc) is 2.97. The Hall–Kier alpha value is -2.34. The maximum absolute atomic E-state index is 12.0. The summed E-state index contributed by atoms with van der Waals surface area (Å²) in [5, 5.41) is 13.0. The number of thiophene rings is 1. The Balaban J connectivity index is 1.93. The molecule has 21 heavy (non-hydrogen) atoms. The molecule has 2 aromatic rings. The van der Waals surface area contributed by atoms with Gasteiger partial charge in [0.2, 0.25) is 0 Å². The highest BCUT2D eigenvalue weighted by Gasteiger charge is 2.14. The zero-order chi connectivity index (χ0) is 15.2. The number of rotatable bonds is 6. The minimum absolute atomic E-state index is 0.0470. The first-order chi connectivity index (χ1) is 10.1. The monoisotopic (exact) mass is 305 g/mol. The summed E-state index contributed by atoms with van der Waals surface area (Å²) in [5.74, 6) is -1.09. The highest BCUT2D eigenvalue weighted by Crippen LogP contribution is 2.18. The van der Waals surface area contributed by atoms with Crippen LogP contribution in [0.2, 0.25) is 0 Å². The van der Waals surface area contributed by atoms with E-state index >= 15 is 0 Å². The van der Waals surface area contributed by atoms with Gasteiger partial charge < -0.3 is 14.7 Å². The zero-order valence-corrected chi connectivity index (χ0v) is 12.3. The number of carboxylic acid groups (broad SMARTS) is 1. The predicted octanol–water partition coefficient (Wildman–Crippen LogP) is 2.48. The topological polar surface area (TPSA) is 66.8 Å². The first kappa shape index (κ1) is 15.1. The lowest BCUT2D eigenvalue weighted by Crippen LogP contribution is -2.31. The molecular weight excluding hydrogens is 290 g/mol. The Kier molecular flexibility index (Phi) is 4.94. The van der Waals surface area contributed by atoms with Gasteiger partial charge in [-0.3, -0.25) is 4.79 Å². The third kappa shape index (κ3) is 4.06. The van der Waals surface area contributed by atoms with Crippen LogP contribution in [-0.4, -0.2) is 35.5 Å². The van der Waals surface area contributed by atoms with Crippen molar-refractivity contribution in [2.75, 3.05) is 13.7 Å². The first-order valence-corrected chi connectivity index (χ1v) is 7.22. The van der Waals surface area contributed by atoms with E-state index in [2.05, 4.69) is 0 Å². The SMILES string of the molecule is CN(Cc1ccsc1)C(=O)COc1ccccc1C(=O)O. The third-order valence-corrected chi connectivity index (χ3v) is 3.63. The second kappa shape index (κ2) is 6.90. The van der Waals surface area contributed by atoms with Crippen LogP contribution >= 0.6 is 11.3 Å². The highest BCUT2D eigenvalue weighted by molar-refractivity contribution is 7.07. The van der Waals surface area contributed by atoms with Crippen LogP contribution in [0.1, 0.15) is 15.9 Å². The average molecular weight is 305 g/mol. The van der Waals surface area contributed by atoms with Crippen LogP contribution < -0.4 is 4.74 Å². The summed E-state index contributed by atoms with van der Waals surface area (Å²) in [6, 6.07) is 8.21. The van der Waals surface area contributed by atoms with Crippen molar-refractivity contribution < 1.29 is 19.4 Å². The molecule has 1 aromatic heterocycles. The summed E-state index contributed by atoms with van der Waals surface area (Å²) in [4.78, 5) is 24.6. The van der Waals surface area contributed by atoms with Gasteiger partial charge in [0.05, 0.1) is 0 Å². The van der Waals surface area contributed by atoms with Crippen molar-refractivity contribution >= 4 is 23.2 Å². The third-order valence-electron chi connectivity index (χ3n) is 2.89. The summed E-state index contributed by atoms with van der Waals surface area (Å²) < 4.78 is 5.33. The largest absolute Gasteiger partial charge is 0.483 e. The molecular formula is C15H15NO4S. The molecule has 2 rings (SSSR count). The molecule has 1 amide bonds. The molecule has 0 bridgehead atoms. The summed E-state index contributed by atoms with van der Waals surface area (Å²) in [6.45, 7) is 0.317.